The summed E-state index contributed by atoms with van der Waals surface area (Å²) in [6.45, 7) is 5.47. The summed E-state index contributed by atoms with van der Waals surface area (Å²) < 4.78 is 25.3. The molecule has 0 saturated carbocycles. The van der Waals surface area contributed by atoms with Gasteiger partial charge in [0.25, 0.3) is 10.0 Å². The monoisotopic (exact) mass is 402 g/mol. The van der Waals surface area contributed by atoms with Crippen molar-refractivity contribution in [3.05, 3.63) is 69.9 Å². The van der Waals surface area contributed by atoms with E-state index < -0.39 is 10.0 Å². The molecule has 0 amide bonds. The number of hydrogen-bond acceptors (Lipinski definition) is 4. The molecule has 6 nitrogen and oxygen atoms in total. The van der Waals surface area contributed by atoms with Gasteiger partial charge in [-0.05, 0) is 44.0 Å². The van der Waals surface area contributed by atoms with E-state index in [0.717, 1.165) is 16.8 Å². The molecule has 0 aliphatic carbocycles. The van der Waals surface area contributed by atoms with Crippen LogP contribution in [0, 0.1) is 20.8 Å². The van der Waals surface area contributed by atoms with Crippen LogP contribution >= 0.6 is 11.6 Å². The van der Waals surface area contributed by atoms with Crippen LogP contribution in [0.25, 0.3) is 11.3 Å². The van der Waals surface area contributed by atoms with Gasteiger partial charge in [0.15, 0.2) is 0 Å². The lowest BCUT2D eigenvalue weighted by atomic mass is 10.1. The molecule has 3 aromatic rings. The van der Waals surface area contributed by atoms with Crippen LogP contribution in [0.3, 0.4) is 0 Å². The van der Waals surface area contributed by atoms with Gasteiger partial charge in [-0.3, -0.25) is 5.10 Å². The van der Waals surface area contributed by atoms with E-state index in [-0.39, 0.29) is 4.90 Å². The molecule has 1 aromatic heterocycles. The Hall–Kier alpha value is -2.64. The van der Waals surface area contributed by atoms with Crippen molar-refractivity contribution in [3.8, 4) is 11.3 Å². The predicted octanol–water partition coefficient (Wildman–Crippen LogP) is 3.97. The maximum atomic E-state index is 12.6. The van der Waals surface area contributed by atoms with Gasteiger partial charge < -0.3 is 0 Å². The smallest absolute Gasteiger partial charge is 0.277 e. The number of aryl methyl sites for hydroxylation is 3. The van der Waals surface area contributed by atoms with E-state index in [9.17, 15) is 8.42 Å². The lowest BCUT2D eigenvalue weighted by Gasteiger charge is -2.11. The number of aromatic amines is 1. The summed E-state index contributed by atoms with van der Waals surface area (Å²) in [4.78, 5) is 2.53. The summed E-state index contributed by atoms with van der Waals surface area (Å²) in [7, 11) is -3.77. The number of nitrogens with one attached hydrogen (secondary N) is 2. The average Bonchev–Trinajstić information content (AvgIpc) is 3.02. The fourth-order valence-electron chi connectivity index (χ4n) is 3.04. The van der Waals surface area contributed by atoms with Crippen LogP contribution < -0.4 is 4.83 Å². The van der Waals surface area contributed by atoms with E-state index in [4.69, 9.17) is 11.6 Å². The van der Waals surface area contributed by atoms with Gasteiger partial charge >= 0.3 is 0 Å². The lowest BCUT2D eigenvalue weighted by molar-refractivity contribution is 0.583. The summed E-state index contributed by atoms with van der Waals surface area (Å²) in [5.41, 5.74) is 4.61. The molecule has 0 atom stereocenters. The highest BCUT2D eigenvalue weighted by atomic mass is 35.5. The largest absolute Gasteiger partial charge is 0.277 e. The Balaban J connectivity index is 1.85. The van der Waals surface area contributed by atoms with Gasteiger partial charge in [0.2, 0.25) is 0 Å². The number of aromatic nitrogens is 2. The second kappa shape index (κ2) is 7.54. The van der Waals surface area contributed by atoms with Crippen molar-refractivity contribution in [1.82, 2.24) is 15.0 Å². The van der Waals surface area contributed by atoms with Crippen LogP contribution in [-0.2, 0) is 10.0 Å². The zero-order valence-corrected chi connectivity index (χ0v) is 16.7. The lowest BCUT2D eigenvalue weighted by Crippen LogP contribution is -2.20. The number of nitrogens with zero attached hydrogens (tertiary/aromatic N) is 2. The van der Waals surface area contributed by atoms with E-state index >= 15 is 0 Å². The Morgan fingerprint density at radius 3 is 2.37 bits per heavy atom. The molecule has 2 N–H and O–H groups in total. The average molecular weight is 403 g/mol. The summed E-state index contributed by atoms with van der Waals surface area (Å²) >= 11 is 5.91. The fourth-order valence-corrected chi connectivity index (χ4v) is 4.42. The molecule has 0 saturated heterocycles. The third-order valence-corrected chi connectivity index (χ3v) is 5.83. The van der Waals surface area contributed by atoms with E-state index in [2.05, 4.69) is 20.1 Å². The molecule has 3 rings (SSSR count). The molecule has 8 heteroatoms. The molecule has 27 heavy (non-hydrogen) atoms. The second-order valence-corrected chi connectivity index (χ2v) is 8.32. The van der Waals surface area contributed by atoms with Crippen LogP contribution in [0.15, 0.2) is 52.6 Å². The zero-order chi connectivity index (χ0) is 19.6. The third-order valence-electron chi connectivity index (χ3n) is 4.05. The van der Waals surface area contributed by atoms with Crippen molar-refractivity contribution in [2.45, 2.75) is 25.7 Å². The molecule has 140 valence electrons. The van der Waals surface area contributed by atoms with Gasteiger partial charge in [0, 0.05) is 16.1 Å². The Morgan fingerprint density at radius 1 is 1.11 bits per heavy atom. The molecular weight excluding hydrogens is 384 g/mol. The molecule has 0 spiro atoms. The predicted molar refractivity (Wildman–Crippen MR) is 108 cm³/mol. The zero-order valence-electron chi connectivity index (χ0n) is 15.1. The van der Waals surface area contributed by atoms with Crippen molar-refractivity contribution in [3.63, 3.8) is 0 Å². The van der Waals surface area contributed by atoms with Gasteiger partial charge in [0.05, 0.1) is 23.0 Å². The molecule has 0 fully saturated rings. The number of H-pyrrole nitrogens is 1. The first-order valence-electron chi connectivity index (χ1n) is 8.20. The first-order valence-corrected chi connectivity index (χ1v) is 10.1. The van der Waals surface area contributed by atoms with Gasteiger partial charge in [0.1, 0.15) is 0 Å². The van der Waals surface area contributed by atoms with Crippen LogP contribution in [0.2, 0.25) is 5.02 Å². The minimum Gasteiger partial charge on any atom is -0.277 e. The van der Waals surface area contributed by atoms with Crippen molar-refractivity contribution in [2.75, 3.05) is 0 Å². The maximum Gasteiger partial charge on any atom is 0.277 e. The van der Waals surface area contributed by atoms with Crippen molar-refractivity contribution >= 4 is 27.8 Å². The summed E-state index contributed by atoms with van der Waals surface area (Å²) in [6.07, 6.45) is 2.99. The first kappa shape index (κ1) is 19.1. The summed E-state index contributed by atoms with van der Waals surface area (Å²) in [5, 5.41) is 11.4. The van der Waals surface area contributed by atoms with Crippen LogP contribution in [0.1, 0.15) is 22.3 Å². The van der Waals surface area contributed by atoms with Crippen molar-refractivity contribution in [2.24, 2.45) is 5.10 Å². The fraction of sp³-hybridized carbons (Fsp3) is 0.158. The second-order valence-electron chi connectivity index (χ2n) is 6.29. The summed E-state index contributed by atoms with van der Waals surface area (Å²) in [6, 6.07) is 10.9. The van der Waals surface area contributed by atoms with Gasteiger partial charge in [-0.25, -0.2) is 4.83 Å². The SMILES string of the molecule is Cc1cc(C)c(S(=O)(=O)NN=Cc2cn[nH]c2-c2ccc(Cl)cc2)c(C)c1. The maximum absolute atomic E-state index is 12.6. The van der Waals surface area contributed by atoms with E-state index in [1.165, 1.54) is 6.21 Å². The molecule has 0 bridgehead atoms. The van der Waals surface area contributed by atoms with Crippen molar-refractivity contribution in [1.29, 1.82) is 0 Å². The van der Waals surface area contributed by atoms with Gasteiger partial charge in [-0.2, -0.15) is 18.6 Å². The van der Waals surface area contributed by atoms with Crippen LogP contribution in [0.5, 0.6) is 0 Å². The number of benzene rings is 2. The number of hydrogen-bond donors (Lipinski definition) is 2. The molecular formula is C19H19ClN4O2S. The third kappa shape index (κ3) is 4.20. The first-order chi connectivity index (χ1) is 12.8. The molecule has 2 aromatic carbocycles. The highest BCUT2D eigenvalue weighted by Gasteiger charge is 2.19. The molecule has 0 radical (unpaired) electrons. The standard InChI is InChI=1S/C19H19ClN4O2S/c1-12-8-13(2)19(14(3)9-12)27(25,26)24-22-11-16-10-21-23-18(16)15-4-6-17(20)7-5-15/h4-11,24H,1-3H3,(H,21,23). The normalized spacial score (nSPS) is 11.9. The Bertz CT molecular complexity index is 1080. The minimum atomic E-state index is -3.77. The van der Waals surface area contributed by atoms with E-state index in [1.54, 1.807) is 32.2 Å². The quantitative estimate of drug-likeness (QED) is 0.500. The highest BCUT2D eigenvalue weighted by Crippen LogP contribution is 2.23. The Morgan fingerprint density at radius 2 is 1.74 bits per heavy atom. The van der Waals surface area contributed by atoms with Crippen LogP contribution in [-0.4, -0.2) is 24.8 Å². The van der Waals surface area contributed by atoms with Crippen molar-refractivity contribution < 1.29 is 8.42 Å². The number of hydrazone groups is 1. The number of sulfonamides is 1. The van der Waals surface area contributed by atoms with E-state index in [0.29, 0.717) is 21.7 Å². The highest BCUT2D eigenvalue weighted by molar-refractivity contribution is 7.89. The summed E-state index contributed by atoms with van der Waals surface area (Å²) in [5.74, 6) is 0. The minimum absolute atomic E-state index is 0.246. The molecule has 0 aliphatic rings. The molecule has 0 aliphatic heterocycles. The van der Waals surface area contributed by atoms with E-state index in [1.807, 2.05) is 31.2 Å². The molecule has 0 unspecified atom stereocenters. The van der Waals surface area contributed by atoms with Crippen LogP contribution in [0.4, 0.5) is 0 Å². The number of halogens is 1. The Kier molecular flexibility index (Phi) is 5.34. The van der Waals surface area contributed by atoms with Gasteiger partial charge in [-0.1, -0.05) is 41.4 Å². The van der Waals surface area contributed by atoms with Gasteiger partial charge in [-0.15, -0.1) is 0 Å². The number of rotatable bonds is 5. The topological polar surface area (TPSA) is 87.2 Å². The molecule has 1 heterocycles. The Labute approximate surface area is 163 Å².